The molecule has 0 bridgehead atoms. The fraction of sp³-hybridized carbons (Fsp3) is 0.929. The van der Waals surface area contributed by atoms with Crippen molar-refractivity contribution in [2.75, 3.05) is 32.7 Å². The minimum Gasteiger partial charge on any atom is -0.444 e. The molecule has 2 aliphatic rings. The van der Waals surface area contributed by atoms with Crippen LogP contribution in [0.1, 0.15) is 33.6 Å². The van der Waals surface area contributed by atoms with E-state index >= 15 is 0 Å². The van der Waals surface area contributed by atoms with Crippen molar-refractivity contribution in [3.8, 4) is 0 Å². The highest BCUT2D eigenvalue weighted by molar-refractivity contribution is 5.68. The first-order chi connectivity index (χ1) is 8.90. The predicted molar refractivity (Wildman–Crippen MR) is 74.9 cm³/mol. The molecule has 0 spiro atoms. The number of ether oxygens (including phenoxy) is 1. The summed E-state index contributed by atoms with van der Waals surface area (Å²) in [6.45, 7) is 10.2. The van der Waals surface area contributed by atoms with Crippen LogP contribution in [0.2, 0.25) is 0 Å². The molecule has 110 valence electrons. The molecule has 2 heterocycles. The van der Waals surface area contributed by atoms with Crippen LogP contribution in [0.5, 0.6) is 0 Å². The highest BCUT2D eigenvalue weighted by Gasteiger charge is 2.39. The summed E-state index contributed by atoms with van der Waals surface area (Å²) in [5.74, 6) is 0.634. The average molecular weight is 269 g/mol. The van der Waals surface area contributed by atoms with Gasteiger partial charge in [0.1, 0.15) is 5.60 Å². The number of rotatable bonds is 2. The zero-order valence-electron chi connectivity index (χ0n) is 12.4. The molecule has 2 atom stereocenters. The monoisotopic (exact) mass is 269 g/mol. The number of amides is 1. The molecule has 0 aliphatic carbocycles. The Morgan fingerprint density at radius 3 is 2.68 bits per heavy atom. The van der Waals surface area contributed by atoms with Crippen molar-refractivity contribution in [1.82, 2.24) is 9.80 Å². The van der Waals surface area contributed by atoms with Crippen molar-refractivity contribution < 1.29 is 9.53 Å². The van der Waals surface area contributed by atoms with Gasteiger partial charge in [0.25, 0.3) is 0 Å². The molecular formula is C14H27N3O2. The summed E-state index contributed by atoms with van der Waals surface area (Å²) in [6, 6.07) is 0.477. The quantitative estimate of drug-likeness (QED) is 0.820. The first kappa shape index (κ1) is 14.6. The largest absolute Gasteiger partial charge is 0.444 e. The first-order valence-corrected chi connectivity index (χ1v) is 7.33. The molecule has 0 aromatic carbocycles. The van der Waals surface area contributed by atoms with E-state index in [-0.39, 0.29) is 6.09 Å². The van der Waals surface area contributed by atoms with Crippen LogP contribution in [-0.2, 0) is 4.74 Å². The van der Waals surface area contributed by atoms with Gasteiger partial charge in [-0.05, 0) is 52.6 Å². The van der Waals surface area contributed by atoms with Gasteiger partial charge in [-0.1, -0.05) is 0 Å². The lowest BCUT2D eigenvalue weighted by Gasteiger charge is -2.39. The van der Waals surface area contributed by atoms with Gasteiger partial charge in [-0.25, -0.2) is 4.79 Å². The van der Waals surface area contributed by atoms with Crippen LogP contribution in [0.3, 0.4) is 0 Å². The average Bonchev–Trinajstić information content (AvgIpc) is 2.70. The number of hydrogen-bond acceptors (Lipinski definition) is 4. The second-order valence-corrected chi connectivity index (χ2v) is 6.66. The summed E-state index contributed by atoms with van der Waals surface area (Å²) in [5, 5.41) is 0. The number of carbonyl (C=O) groups excluding carboxylic acids is 1. The lowest BCUT2D eigenvalue weighted by molar-refractivity contribution is 0.00600. The van der Waals surface area contributed by atoms with Crippen molar-refractivity contribution in [2.45, 2.75) is 45.3 Å². The Kier molecular flexibility index (Phi) is 4.36. The molecule has 2 fully saturated rings. The van der Waals surface area contributed by atoms with E-state index in [0.717, 1.165) is 39.1 Å². The third-order valence-electron chi connectivity index (χ3n) is 4.05. The van der Waals surface area contributed by atoms with E-state index in [4.69, 9.17) is 10.5 Å². The summed E-state index contributed by atoms with van der Waals surface area (Å²) >= 11 is 0. The van der Waals surface area contributed by atoms with Crippen LogP contribution in [0.25, 0.3) is 0 Å². The van der Waals surface area contributed by atoms with E-state index in [2.05, 4.69) is 4.90 Å². The lowest BCUT2D eigenvalue weighted by Crippen LogP contribution is -2.54. The summed E-state index contributed by atoms with van der Waals surface area (Å²) in [5.41, 5.74) is 5.27. The van der Waals surface area contributed by atoms with Crippen LogP contribution in [0, 0.1) is 5.92 Å². The van der Waals surface area contributed by atoms with Crippen molar-refractivity contribution in [3.63, 3.8) is 0 Å². The number of nitrogens with two attached hydrogens (primary N) is 1. The van der Waals surface area contributed by atoms with E-state index in [1.807, 2.05) is 25.7 Å². The molecule has 2 unspecified atom stereocenters. The summed E-state index contributed by atoms with van der Waals surface area (Å²) in [4.78, 5) is 16.5. The molecule has 5 nitrogen and oxygen atoms in total. The SMILES string of the molecule is CC(C)(C)OC(=O)N1CCN2CCC(CCN)C2C1. The second kappa shape index (κ2) is 5.67. The predicted octanol–water partition coefficient (Wildman–Crippen LogP) is 1.28. The van der Waals surface area contributed by atoms with Crippen molar-refractivity contribution >= 4 is 6.09 Å². The molecule has 0 aromatic rings. The summed E-state index contributed by atoms with van der Waals surface area (Å²) < 4.78 is 5.46. The fourth-order valence-corrected chi connectivity index (χ4v) is 3.14. The number of hydrogen-bond donors (Lipinski definition) is 1. The van der Waals surface area contributed by atoms with Crippen LogP contribution >= 0.6 is 0 Å². The van der Waals surface area contributed by atoms with E-state index in [9.17, 15) is 4.79 Å². The highest BCUT2D eigenvalue weighted by atomic mass is 16.6. The van der Waals surface area contributed by atoms with Gasteiger partial charge >= 0.3 is 6.09 Å². The van der Waals surface area contributed by atoms with Crippen molar-refractivity contribution in [1.29, 1.82) is 0 Å². The van der Waals surface area contributed by atoms with Crippen LogP contribution < -0.4 is 5.73 Å². The fourth-order valence-electron chi connectivity index (χ4n) is 3.14. The van der Waals surface area contributed by atoms with Gasteiger partial charge in [0.15, 0.2) is 0 Å². The van der Waals surface area contributed by atoms with E-state index < -0.39 is 5.60 Å². The van der Waals surface area contributed by atoms with Gasteiger partial charge in [-0.2, -0.15) is 0 Å². The maximum atomic E-state index is 12.1. The standard InChI is InChI=1S/C14H27N3O2/c1-14(2,3)19-13(18)17-9-8-16-7-5-11(4-6-15)12(16)10-17/h11-12H,4-10,15H2,1-3H3. The Bertz CT molecular complexity index is 327. The number of fused-ring (bicyclic) bond motifs is 1. The van der Waals surface area contributed by atoms with Crippen molar-refractivity contribution in [2.24, 2.45) is 11.7 Å². The second-order valence-electron chi connectivity index (χ2n) is 6.66. The Balaban J connectivity index is 1.93. The third-order valence-corrected chi connectivity index (χ3v) is 4.05. The Labute approximate surface area is 116 Å². The molecule has 2 N–H and O–H groups in total. The Morgan fingerprint density at radius 2 is 2.05 bits per heavy atom. The normalized spacial score (nSPS) is 28.3. The number of nitrogens with zero attached hydrogens (tertiary/aromatic N) is 2. The van der Waals surface area contributed by atoms with Crippen LogP contribution in [0.15, 0.2) is 0 Å². The molecule has 2 aliphatic heterocycles. The maximum absolute atomic E-state index is 12.1. The first-order valence-electron chi connectivity index (χ1n) is 7.33. The van der Waals surface area contributed by atoms with Gasteiger partial charge in [0, 0.05) is 25.7 Å². The Morgan fingerprint density at radius 1 is 1.32 bits per heavy atom. The lowest BCUT2D eigenvalue weighted by atomic mass is 9.95. The minimum absolute atomic E-state index is 0.175. The molecular weight excluding hydrogens is 242 g/mol. The summed E-state index contributed by atoms with van der Waals surface area (Å²) in [7, 11) is 0. The van der Waals surface area contributed by atoms with E-state index in [0.29, 0.717) is 12.0 Å². The molecule has 1 amide bonds. The molecule has 2 saturated heterocycles. The highest BCUT2D eigenvalue weighted by Crippen LogP contribution is 2.30. The van der Waals surface area contributed by atoms with Gasteiger partial charge < -0.3 is 15.4 Å². The molecule has 0 saturated carbocycles. The number of carbonyl (C=O) groups is 1. The van der Waals surface area contributed by atoms with E-state index in [1.54, 1.807) is 0 Å². The molecule has 0 aromatic heterocycles. The summed E-state index contributed by atoms with van der Waals surface area (Å²) in [6.07, 6.45) is 2.10. The topological polar surface area (TPSA) is 58.8 Å². The van der Waals surface area contributed by atoms with Crippen molar-refractivity contribution in [3.05, 3.63) is 0 Å². The van der Waals surface area contributed by atoms with Gasteiger partial charge in [-0.3, -0.25) is 4.90 Å². The van der Waals surface area contributed by atoms with Gasteiger partial charge in [0.05, 0.1) is 0 Å². The zero-order chi connectivity index (χ0) is 14.0. The molecule has 2 rings (SSSR count). The number of piperazine rings is 1. The Hall–Kier alpha value is -0.810. The smallest absolute Gasteiger partial charge is 0.410 e. The minimum atomic E-state index is -0.416. The van der Waals surface area contributed by atoms with E-state index in [1.165, 1.54) is 6.42 Å². The van der Waals surface area contributed by atoms with Gasteiger partial charge in [-0.15, -0.1) is 0 Å². The van der Waals surface area contributed by atoms with Crippen LogP contribution in [0.4, 0.5) is 4.79 Å². The molecule has 0 radical (unpaired) electrons. The maximum Gasteiger partial charge on any atom is 0.410 e. The third kappa shape index (κ3) is 3.60. The van der Waals surface area contributed by atoms with Gasteiger partial charge in [0.2, 0.25) is 0 Å². The van der Waals surface area contributed by atoms with Crippen LogP contribution in [-0.4, -0.2) is 60.3 Å². The molecule has 5 heteroatoms. The zero-order valence-corrected chi connectivity index (χ0v) is 12.4. The molecule has 19 heavy (non-hydrogen) atoms.